The minimum atomic E-state index is -0.363. The Morgan fingerprint density at radius 2 is 1.87 bits per heavy atom. The van der Waals surface area contributed by atoms with Gasteiger partial charge in [-0.15, -0.1) is 0 Å². The van der Waals surface area contributed by atoms with Crippen molar-refractivity contribution in [1.82, 2.24) is 4.90 Å². The van der Waals surface area contributed by atoms with Crippen LogP contribution in [0.5, 0.6) is 0 Å². The van der Waals surface area contributed by atoms with Crippen molar-refractivity contribution in [2.75, 3.05) is 6.54 Å². The number of aliphatic hydroxyl groups is 1. The first kappa shape index (κ1) is 17.0. The lowest BCUT2D eigenvalue weighted by Crippen LogP contribution is -2.38. The monoisotopic (exact) mass is 315 g/mol. The topological polar surface area (TPSA) is 23.5 Å². The third-order valence-corrected chi connectivity index (χ3v) is 6.04. The molecule has 0 bridgehead atoms. The van der Waals surface area contributed by atoms with E-state index in [1.165, 1.54) is 50.6 Å². The summed E-state index contributed by atoms with van der Waals surface area (Å²) in [6, 6.07) is 11.5. The molecule has 0 amide bonds. The Morgan fingerprint density at radius 3 is 2.57 bits per heavy atom. The predicted molar refractivity (Wildman–Crippen MR) is 96.3 cm³/mol. The third kappa shape index (κ3) is 4.36. The summed E-state index contributed by atoms with van der Waals surface area (Å²) in [6.07, 6.45) is 10.6. The van der Waals surface area contributed by atoms with Gasteiger partial charge in [-0.25, -0.2) is 0 Å². The molecule has 2 atom stereocenters. The fourth-order valence-electron chi connectivity index (χ4n) is 4.86. The average Bonchev–Trinajstić information content (AvgIpc) is 2.91. The highest BCUT2D eigenvalue weighted by Gasteiger charge is 2.39. The summed E-state index contributed by atoms with van der Waals surface area (Å²) in [7, 11) is 0. The molecule has 1 heterocycles. The van der Waals surface area contributed by atoms with Crippen molar-refractivity contribution in [2.24, 2.45) is 5.92 Å². The zero-order chi connectivity index (χ0) is 16.1. The van der Waals surface area contributed by atoms with Gasteiger partial charge in [0.2, 0.25) is 0 Å². The number of hydrogen-bond acceptors (Lipinski definition) is 2. The first-order valence-electron chi connectivity index (χ1n) is 9.70. The number of benzene rings is 1. The number of hydrogen-bond donors (Lipinski definition) is 1. The van der Waals surface area contributed by atoms with Gasteiger partial charge < -0.3 is 5.11 Å². The normalized spacial score (nSPS) is 28.1. The largest absolute Gasteiger partial charge is 0.390 e. The lowest BCUT2D eigenvalue weighted by Gasteiger charge is -2.37. The molecule has 0 radical (unpaired) electrons. The average molecular weight is 316 g/mol. The van der Waals surface area contributed by atoms with Crippen LogP contribution in [0.2, 0.25) is 0 Å². The highest BCUT2D eigenvalue weighted by molar-refractivity contribution is 5.15. The van der Waals surface area contributed by atoms with Gasteiger partial charge >= 0.3 is 0 Å². The van der Waals surface area contributed by atoms with E-state index >= 15 is 0 Å². The molecule has 128 valence electrons. The summed E-state index contributed by atoms with van der Waals surface area (Å²) >= 11 is 0. The highest BCUT2D eigenvalue weighted by atomic mass is 16.3. The maximum absolute atomic E-state index is 11.0. The van der Waals surface area contributed by atoms with E-state index in [9.17, 15) is 5.11 Å². The zero-order valence-corrected chi connectivity index (χ0v) is 14.7. The van der Waals surface area contributed by atoms with Gasteiger partial charge in [-0.05, 0) is 50.1 Å². The summed E-state index contributed by atoms with van der Waals surface area (Å²) in [4.78, 5) is 2.68. The Labute approximate surface area is 141 Å². The van der Waals surface area contributed by atoms with Crippen LogP contribution in [-0.2, 0) is 6.54 Å². The van der Waals surface area contributed by atoms with Crippen LogP contribution in [0.1, 0.15) is 70.3 Å². The minimum absolute atomic E-state index is 0.363. The quantitative estimate of drug-likeness (QED) is 0.818. The van der Waals surface area contributed by atoms with E-state index in [-0.39, 0.29) is 5.60 Å². The van der Waals surface area contributed by atoms with E-state index in [4.69, 9.17) is 0 Å². The summed E-state index contributed by atoms with van der Waals surface area (Å²) in [5.74, 6) is 0.682. The van der Waals surface area contributed by atoms with E-state index < -0.39 is 0 Å². The molecule has 1 N–H and O–H groups in total. The van der Waals surface area contributed by atoms with Gasteiger partial charge in [0.1, 0.15) is 0 Å². The Morgan fingerprint density at radius 1 is 1.13 bits per heavy atom. The van der Waals surface area contributed by atoms with Gasteiger partial charge in [0.15, 0.2) is 0 Å². The standard InChI is InChI=1S/C21H33NO/c1-2-9-20-19(16-21(23)13-7-4-8-14-21)12-15-22(20)17-18-10-5-3-6-11-18/h3,5-6,10-11,19-20,23H,2,4,7-9,12-17H2,1H3. The number of likely N-dealkylation sites (tertiary alicyclic amines) is 1. The first-order valence-corrected chi connectivity index (χ1v) is 9.70. The van der Waals surface area contributed by atoms with Crippen molar-refractivity contribution in [3.05, 3.63) is 35.9 Å². The minimum Gasteiger partial charge on any atom is -0.390 e. The van der Waals surface area contributed by atoms with Crippen molar-refractivity contribution in [2.45, 2.75) is 82.9 Å². The molecule has 1 aromatic rings. The van der Waals surface area contributed by atoms with Crippen LogP contribution in [0, 0.1) is 5.92 Å². The van der Waals surface area contributed by atoms with Crippen LogP contribution in [0.25, 0.3) is 0 Å². The summed E-state index contributed by atoms with van der Waals surface area (Å²) in [5, 5.41) is 11.0. The first-order chi connectivity index (χ1) is 11.2. The van der Waals surface area contributed by atoms with Gasteiger partial charge in [0.25, 0.3) is 0 Å². The summed E-state index contributed by atoms with van der Waals surface area (Å²) < 4.78 is 0. The van der Waals surface area contributed by atoms with Gasteiger partial charge in [-0.3, -0.25) is 4.90 Å². The molecule has 0 aromatic heterocycles. The van der Waals surface area contributed by atoms with Crippen LogP contribution >= 0.6 is 0 Å². The molecular formula is C21H33NO. The Bertz CT molecular complexity index is 466. The summed E-state index contributed by atoms with van der Waals surface area (Å²) in [5.41, 5.74) is 1.06. The smallest absolute Gasteiger partial charge is 0.0651 e. The molecule has 3 rings (SSSR count). The second kappa shape index (κ2) is 7.81. The molecule has 1 saturated heterocycles. The van der Waals surface area contributed by atoms with Gasteiger partial charge in [0, 0.05) is 12.6 Å². The van der Waals surface area contributed by atoms with E-state index in [0.29, 0.717) is 12.0 Å². The van der Waals surface area contributed by atoms with E-state index in [2.05, 4.69) is 42.2 Å². The number of nitrogens with zero attached hydrogens (tertiary/aromatic N) is 1. The molecule has 2 heteroatoms. The van der Waals surface area contributed by atoms with Gasteiger partial charge in [-0.2, -0.15) is 0 Å². The maximum Gasteiger partial charge on any atom is 0.0651 e. The molecule has 2 unspecified atom stereocenters. The van der Waals surface area contributed by atoms with Crippen LogP contribution in [0.15, 0.2) is 30.3 Å². The SMILES string of the molecule is CCCC1C(CC2(O)CCCCC2)CCN1Cc1ccccc1. The molecule has 0 spiro atoms. The molecule has 1 aliphatic heterocycles. The van der Waals surface area contributed by atoms with Crippen molar-refractivity contribution in [3.8, 4) is 0 Å². The van der Waals surface area contributed by atoms with Crippen LogP contribution < -0.4 is 0 Å². The summed E-state index contributed by atoms with van der Waals surface area (Å²) in [6.45, 7) is 4.56. The second-order valence-electron chi connectivity index (χ2n) is 7.85. The van der Waals surface area contributed by atoms with Crippen LogP contribution in [0.3, 0.4) is 0 Å². The molecule has 1 saturated carbocycles. The van der Waals surface area contributed by atoms with E-state index in [1.54, 1.807) is 0 Å². The van der Waals surface area contributed by atoms with E-state index in [1.807, 2.05) is 0 Å². The number of rotatable bonds is 6. The van der Waals surface area contributed by atoms with Crippen LogP contribution in [0.4, 0.5) is 0 Å². The Kier molecular flexibility index (Phi) is 5.76. The fraction of sp³-hybridized carbons (Fsp3) is 0.714. The van der Waals surface area contributed by atoms with E-state index in [0.717, 1.165) is 25.8 Å². The van der Waals surface area contributed by atoms with Crippen molar-refractivity contribution in [1.29, 1.82) is 0 Å². The Balaban J connectivity index is 1.64. The van der Waals surface area contributed by atoms with Crippen molar-refractivity contribution >= 4 is 0 Å². The molecule has 2 aliphatic rings. The molecule has 1 aromatic carbocycles. The van der Waals surface area contributed by atoms with Gasteiger partial charge in [-0.1, -0.05) is 62.9 Å². The second-order valence-corrected chi connectivity index (χ2v) is 7.85. The highest BCUT2D eigenvalue weighted by Crippen LogP contribution is 2.40. The maximum atomic E-state index is 11.0. The van der Waals surface area contributed by atoms with Crippen molar-refractivity contribution in [3.63, 3.8) is 0 Å². The Hall–Kier alpha value is -0.860. The van der Waals surface area contributed by atoms with Gasteiger partial charge in [0.05, 0.1) is 5.60 Å². The lowest BCUT2D eigenvalue weighted by molar-refractivity contribution is -0.0223. The predicted octanol–water partition coefficient (Wildman–Crippen LogP) is 4.76. The molecule has 1 aliphatic carbocycles. The lowest BCUT2D eigenvalue weighted by atomic mass is 9.76. The van der Waals surface area contributed by atoms with Crippen molar-refractivity contribution < 1.29 is 5.11 Å². The molecule has 2 nitrogen and oxygen atoms in total. The third-order valence-electron chi connectivity index (χ3n) is 6.04. The molecular weight excluding hydrogens is 282 g/mol. The molecule has 2 fully saturated rings. The fourth-order valence-corrected chi connectivity index (χ4v) is 4.86. The zero-order valence-electron chi connectivity index (χ0n) is 14.7. The van der Waals surface area contributed by atoms with Crippen LogP contribution in [-0.4, -0.2) is 28.2 Å². The molecule has 23 heavy (non-hydrogen) atoms.